The highest BCUT2D eigenvalue weighted by Gasteiger charge is 2.34. The van der Waals surface area contributed by atoms with E-state index in [-0.39, 0.29) is 23.8 Å². The Kier molecular flexibility index (Phi) is 4.15. The first-order valence-corrected chi connectivity index (χ1v) is 7.82. The van der Waals surface area contributed by atoms with E-state index in [0.717, 1.165) is 43.4 Å². The predicted molar refractivity (Wildman–Crippen MR) is 80.1 cm³/mol. The van der Waals surface area contributed by atoms with Gasteiger partial charge in [-0.15, -0.1) is 0 Å². The van der Waals surface area contributed by atoms with Gasteiger partial charge in [0.05, 0.1) is 12.5 Å². The molecule has 1 amide bonds. The maximum atomic E-state index is 12.4. The van der Waals surface area contributed by atoms with E-state index in [4.69, 9.17) is 4.74 Å². The van der Waals surface area contributed by atoms with Gasteiger partial charge in [0.25, 0.3) is 0 Å². The molecule has 114 valence electrons. The van der Waals surface area contributed by atoms with Gasteiger partial charge in [-0.2, -0.15) is 0 Å². The van der Waals surface area contributed by atoms with Gasteiger partial charge < -0.3 is 15.2 Å². The zero-order valence-electron chi connectivity index (χ0n) is 12.3. The van der Waals surface area contributed by atoms with Crippen LogP contribution in [0.3, 0.4) is 0 Å². The largest absolute Gasteiger partial charge is 0.492 e. The quantitative estimate of drug-likeness (QED) is 0.890. The molecule has 2 N–H and O–H groups in total. The summed E-state index contributed by atoms with van der Waals surface area (Å²) in [6.07, 6.45) is 5.04. The number of para-hydroxylation sites is 1. The second-order valence-corrected chi connectivity index (χ2v) is 6.40. The first-order valence-electron chi connectivity index (χ1n) is 7.82. The van der Waals surface area contributed by atoms with Gasteiger partial charge in [-0.3, -0.25) is 4.79 Å². The number of fused-ring (bicyclic) bond motifs is 1. The smallest absolute Gasteiger partial charge is 0.226 e. The Morgan fingerprint density at radius 1 is 1.33 bits per heavy atom. The third kappa shape index (κ3) is 3.05. The highest BCUT2D eigenvalue weighted by Crippen LogP contribution is 2.37. The molecular weight excluding hydrogens is 266 g/mol. The molecule has 4 nitrogen and oxygen atoms in total. The van der Waals surface area contributed by atoms with Crippen LogP contribution in [-0.4, -0.2) is 30.8 Å². The third-order valence-electron chi connectivity index (χ3n) is 4.89. The summed E-state index contributed by atoms with van der Waals surface area (Å²) in [4.78, 5) is 12.4. The first kappa shape index (κ1) is 14.4. The summed E-state index contributed by atoms with van der Waals surface area (Å²) in [5.41, 5.74) is 1.00. The Balaban J connectivity index is 1.57. The van der Waals surface area contributed by atoms with Gasteiger partial charge in [-0.25, -0.2) is 0 Å². The first-order chi connectivity index (χ1) is 10.2. The van der Waals surface area contributed by atoms with Crippen LogP contribution in [0.1, 0.15) is 31.2 Å². The molecule has 0 saturated heterocycles. The summed E-state index contributed by atoms with van der Waals surface area (Å²) in [6.45, 7) is 1.19. The van der Waals surface area contributed by atoms with E-state index < -0.39 is 0 Å². The summed E-state index contributed by atoms with van der Waals surface area (Å²) in [5, 5.41) is 12.6. The van der Waals surface area contributed by atoms with Crippen molar-refractivity contribution in [3.63, 3.8) is 0 Å². The summed E-state index contributed by atoms with van der Waals surface area (Å²) in [5.74, 6) is 0.811. The number of aliphatic hydroxyl groups is 1. The summed E-state index contributed by atoms with van der Waals surface area (Å²) >= 11 is 0. The van der Waals surface area contributed by atoms with Crippen LogP contribution in [0.5, 0.6) is 5.75 Å². The molecule has 1 fully saturated rings. The van der Waals surface area contributed by atoms with Crippen molar-refractivity contribution in [2.75, 3.05) is 19.8 Å². The fourth-order valence-corrected chi connectivity index (χ4v) is 3.43. The summed E-state index contributed by atoms with van der Waals surface area (Å²) < 4.78 is 5.67. The van der Waals surface area contributed by atoms with Crippen molar-refractivity contribution >= 4 is 5.91 Å². The molecule has 1 unspecified atom stereocenters. The van der Waals surface area contributed by atoms with E-state index in [1.165, 1.54) is 0 Å². The van der Waals surface area contributed by atoms with Gasteiger partial charge in [-0.05, 0) is 30.9 Å². The fourth-order valence-electron chi connectivity index (χ4n) is 3.43. The van der Waals surface area contributed by atoms with Crippen LogP contribution in [0, 0.1) is 11.3 Å². The zero-order chi connectivity index (χ0) is 14.7. The molecular formula is C17H23NO3. The molecule has 3 rings (SSSR count). The van der Waals surface area contributed by atoms with Gasteiger partial charge in [0.2, 0.25) is 5.91 Å². The molecule has 0 bridgehead atoms. The number of hydrogen-bond donors (Lipinski definition) is 2. The SMILES string of the molecule is O=C(NCC1(CO)CCCC1)C1COc2ccccc2C1. The van der Waals surface area contributed by atoms with Crippen molar-refractivity contribution in [3.8, 4) is 5.75 Å². The normalized spacial score (nSPS) is 23.2. The maximum absolute atomic E-state index is 12.4. The predicted octanol–water partition coefficient (Wildman–Crippen LogP) is 1.91. The molecule has 1 aromatic carbocycles. The number of carbonyl (C=O) groups excluding carboxylic acids is 1. The molecule has 0 aromatic heterocycles. The lowest BCUT2D eigenvalue weighted by Crippen LogP contribution is -2.43. The standard InChI is InChI=1S/C17H23NO3/c19-12-17(7-3-4-8-17)11-18-16(20)14-9-13-5-1-2-6-15(13)21-10-14/h1-2,5-6,14,19H,3-4,7-12H2,(H,18,20). The van der Waals surface area contributed by atoms with E-state index in [1.54, 1.807) is 0 Å². The monoisotopic (exact) mass is 289 g/mol. The Morgan fingerprint density at radius 3 is 2.86 bits per heavy atom. The minimum atomic E-state index is -0.128. The number of ether oxygens (including phenoxy) is 1. The molecule has 1 aliphatic heterocycles. The van der Waals surface area contributed by atoms with Crippen molar-refractivity contribution in [2.45, 2.75) is 32.1 Å². The summed E-state index contributed by atoms with van der Waals surface area (Å²) in [7, 11) is 0. The Morgan fingerprint density at radius 2 is 2.10 bits per heavy atom. The minimum absolute atomic E-state index is 0.0456. The lowest BCUT2D eigenvalue weighted by molar-refractivity contribution is -0.126. The van der Waals surface area contributed by atoms with E-state index in [0.29, 0.717) is 13.2 Å². The van der Waals surface area contributed by atoms with Crippen LogP contribution in [0.2, 0.25) is 0 Å². The highest BCUT2D eigenvalue weighted by atomic mass is 16.5. The van der Waals surface area contributed by atoms with Crippen LogP contribution >= 0.6 is 0 Å². The van der Waals surface area contributed by atoms with Crippen molar-refractivity contribution in [2.24, 2.45) is 11.3 Å². The van der Waals surface area contributed by atoms with Gasteiger partial charge >= 0.3 is 0 Å². The van der Waals surface area contributed by atoms with E-state index in [9.17, 15) is 9.90 Å². The van der Waals surface area contributed by atoms with Gasteiger partial charge in [0.15, 0.2) is 0 Å². The number of benzene rings is 1. The number of nitrogens with one attached hydrogen (secondary N) is 1. The average molecular weight is 289 g/mol. The van der Waals surface area contributed by atoms with Crippen LogP contribution in [0.15, 0.2) is 24.3 Å². The number of rotatable bonds is 4. The summed E-state index contributed by atoms with van der Waals surface area (Å²) in [6, 6.07) is 7.88. The van der Waals surface area contributed by atoms with Gasteiger partial charge in [-0.1, -0.05) is 31.0 Å². The van der Waals surface area contributed by atoms with Crippen LogP contribution in [0.4, 0.5) is 0 Å². The molecule has 1 atom stereocenters. The maximum Gasteiger partial charge on any atom is 0.226 e. The molecule has 2 aliphatic rings. The molecule has 1 heterocycles. The lowest BCUT2D eigenvalue weighted by atomic mass is 9.87. The molecule has 4 heteroatoms. The van der Waals surface area contributed by atoms with Gasteiger partial charge in [0, 0.05) is 12.0 Å². The Labute approximate surface area is 125 Å². The Bertz CT molecular complexity index is 509. The van der Waals surface area contributed by atoms with Crippen molar-refractivity contribution in [1.82, 2.24) is 5.32 Å². The van der Waals surface area contributed by atoms with Crippen LogP contribution in [0.25, 0.3) is 0 Å². The third-order valence-corrected chi connectivity index (χ3v) is 4.89. The number of carbonyl (C=O) groups is 1. The molecule has 0 radical (unpaired) electrons. The Hall–Kier alpha value is -1.55. The molecule has 1 aliphatic carbocycles. The average Bonchev–Trinajstić information content (AvgIpc) is 3.01. The van der Waals surface area contributed by atoms with Crippen molar-refractivity contribution in [1.29, 1.82) is 0 Å². The van der Waals surface area contributed by atoms with E-state index >= 15 is 0 Å². The fraction of sp³-hybridized carbons (Fsp3) is 0.588. The molecule has 21 heavy (non-hydrogen) atoms. The van der Waals surface area contributed by atoms with E-state index in [1.807, 2.05) is 24.3 Å². The van der Waals surface area contributed by atoms with Crippen molar-refractivity contribution in [3.05, 3.63) is 29.8 Å². The number of amides is 1. The minimum Gasteiger partial charge on any atom is -0.492 e. The van der Waals surface area contributed by atoms with Crippen molar-refractivity contribution < 1.29 is 14.6 Å². The second kappa shape index (κ2) is 6.06. The van der Waals surface area contributed by atoms with Crippen LogP contribution in [-0.2, 0) is 11.2 Å². The van der Waals surface area contributed by atoms with Crippen LogP contribution < -0.4 is 10.1 Å². The molecule has 0 spiro atoms. The molecule has 1 aromatic rings. The second-order valence-electron chi connectivity index (χ2n) is 6.40. The topological polar surface area (TPSA) is 58.6 Å². The van der Waals surface area contributed by atoms with Gasteiger partial charge in [0.1, 0.15) is 12.4 Å². The van der Waals surface area contributed by atoms with E-state index in [2.05, 4.69) is 5.32 Å². The highest BCUT2D eigenvalue weighted by molar-refractivity contribution is 5.79. The molecule has 1 saturated carbocycles. The number of hydrogen-bond acceptors (Lipinski definition) is 3. The number of aliphatic hydroxyl groups excluding tert-OH is 1. The lowest BCUT2D eigenvalue weighted by Gasteiger charge is -2.29. The zero-order valence-corrected chi connectivity index (χ0v) is 12.3.